The molecule has 1 heterocycles. The Kier molecular flexibility index (Phi) is 4.79. The zero-order valence-corrected chi connectivity index (χ0v) is 14.9. The van der Waals surface area contributed by atoms with Crippen LogP contribution in [-0.2, 0) is 28.0 Å². The Morgan fingerprint density at radius 3 is 2.80 bits per heavy atom. The molecule has 0 saturated carbocycles. The third-order valence-corrected chi connectivity index (χ3v) is 5.11. The smallest absolute Gasteiger partial charge is 0.325 e. The van der Waals surface area contributed by atoms with Gasteiger partial charge in [0.1, 0.15) is 12.1 Å². The van der Waals surface area contributed by atoms with E-state index >= 15 is 0 Å². The maximum Gasteiger partial charge on any atom is 0.325 e. The highest BCUT2D eigenvalue weighted by Crippen LogP contribution is 2.32. The second kappa shape index (κ2) is 6.86. The molecule has 3 rings (SSSR count). The van der Waals surface area contributed by atoms with Crippen LogP contribution >= 0.6 is 0 Å². The monoisotopic (exact) mass is 343 g/mol. The minimum atomic E-state index is -1.11. The van der Waals surface area contributed by atoms with E-state index in [1.54, 1.807) is 6.92 Å². The number of amides is 4. The van der Waals surface area contributed by atoms with Crippen LogP contribution in [0.5, 0.6) is 0 Å². The number of nitrogens with one attached hydrogen (secondary N) is 2. The van der Waals surface area contributed by atoms with Crippen LogP contribution in [-0.4, -0.2) is 35.8 Å². The van der Waals surface area contributed by atoms with Gasteiger partial charge in [0.15, 0.2) is 0 Å². The molecule has 6 heteroatoms. The Labute approximate surface area is 148 Å². The van der Waals surface area contributed by atoms with E-state index in [9.17, 15) is 14.4 Å². The van der Waals surface area contributed by atoms with Crippen molar-refractivity contribution in [3.05, 3.63) is 34.9 Å². The molecule has 0 radical (unpaired) electrons. The number of nitrogens with zero attached hydrogens (tertiary/aromatic N) is 1. The van der Waals surface area contributed by atoms with Gasteiger partial charge in [-0.25, -0.2) is 4.79 Å². The van der Waals surface area contributed by atoms with Gasteiger partial charge in [-0.2, -0.15) is 0 Å². The van der Waals surface area contributed by atoms with Gasteiger partial charge in [0.05, 0.1) is 0 Å². The second-order valence-corrected chi connectivity index (χ2v) is 6.99. The highest BCUT2D eigenvalue weighted by molar-refractivity contribution is 6.09. The van der Waals surface area contributed by atoms with Crippen molar-refractivity contribution in [3.63, 3.8) is 0 Å². The molecule has 0 spiro atoms. The molecule has 6 nitrogen and oxygen atoms in total. The normalized spacial score (nSPS) is 22.1. The molecule has 1 saturated heterocycles. The van der Waals surface area contributed by atoms with Crippen LogP contribution in [0.15, 0.2) is 18.2 Å². The second-order valence-electron chi connectivity index (χ2n) is 6.99. The molecule has 4 amide bonds. The van der Waals surface area contributed by atoms with E-state index < -0.39 is 11.6 Å². The fourth-order valence-electron chi connectivity index (χ4n) is 3.52. The summed E-state index contributed by atoms with van der Waals surface area (Å²) in [5, 5.41) is 5.51. The fourth-order valence-corrected chi connectivity index (χ4v) is 3.52. The first-order chi connectivity index (χ1) is 12.0. The topological polar surface area (TPSA) is 78.5 Å². The standard InChI is InChI=1S/C19H25N3O3/c1-3-4-10-20-16(23)12-22-17(24)19(2,21-18(22)25)15-9-8-13-6-5-7-14(13)11-15/h8-9,11H,3-7,10,12H2,1-2H3,(H,20,23)(H,21,25). The zero-order chi connectivity index (χ0) is 18.0. The van der Waals surface area contributed by atoms with Gasteiger partial charge in [-0.05, 0) is 49.3 Å². The lowest BCUT2D eigenvalue weighted by Crippen LogP contribution is -2.43. The Bertz CT molecular complexity index is 716. The number of carbonyl (C=O) groups excluding carboxylic acids is 3. The minimum absolute atomic E-state index is 0.241. The lowest BCUT2D eigenvalue weighted by atomic mass is 9.89. The number of rotatable bonds is 6. The van der Waals surface area contributed by atoms with Gasteiger partial charge in [0, 0.05) is 6.54 Å². The molecule has 1 fully saturated rings. The Morgan fingerprint density at radius 2 is 2.04 bits per heavy atom. The predicted octanol–water partition coefficient (Wildman–Crippen LogP) is 1.86. The van der Waals surface area contributed by atoms with E-state index in [-0.39, 0.29) is 18.4 Å². The van der Waals surface area contributed by atoms with Crippen molar-refractivity contribution in [2.24, 2.45) is 0 Å². The summed E-state index contributed by atoms with van der Waals surface area (Å²) in [5.41, 5.74) is 2.23. The van der Waals surface area contributed by atoms with E-state index in [0.717, 1.165) is 42.6 Å². The van der Waals surface area contributed by atoms with Crippen molar-refractivity contribution < 1.29 is 14.4 Å². The number of urea groups is 1. The number of unbranched alkanes of at least 4 members (excludes halogenated alkanes) is 1. The summed E-state index contributed by atoms with van der Waals surface area (Å²) < 4.78 is 0. The minimum Gasteiger partial charge on any atom is -0.355 e. The quantitative estimate of drug-likeness (QED) is 0.611. The van der Waals surface area contributed by atoms with E-state index in [2.05, 4.69) is 10.6 Å². The SMILES string of the molecule is CCCCNC(=O)CN1C(=O)NC(C)(c2ccc3c(c2)CCC3)C1=O. The Morgan fingerprint density at radius 1 is 1.28 bits per heavy atom. The van der Waals surface area contributed by atoms with Crippen LogP contribution in [0.2, 0.25) is 0 Å². The summed E-state index contributed by atoms with van der Waals surface area (Å²) in [5.74, 6) is -0.684. The van der Waals surface area contributed by atoms with Crippen molar-refractivity contribution in [2.75, 3.05) is 13.1 Å². The Hall–Kier alpha value is -2.37. The first kappa shape index (κ1) is 17.5. The molecule has 1 aliphatic heterocycles. The van der Waals surface area contributed by atoms with Gasteiger partial charge in [-0.15, -0.1) is 0 Å². The molecule has 0 aromatic heterocycles. The summed E-state index contributed by atoms with van der Waals surface area (Å²) in [7, 11) is 0. The number of hydrogen-bond donors (Lipinski definition) is 2. The number of benzene rings is 1. The molecular weight excluding hydrogens is 318 g/mol. The van der Waals surface area contributed by atoms with E-state index in [1.807, 2.05) is 25.1 Å². The average Bonchev–Trinajstić information content (AvgIpc) is 3.13. The van der Waals surface area contributed by atoms with Gasteiger partial charge in [0.2, 0.25) is 5.91 Å². The van der Waals surface area contributed by atoms with Crippen molar-refractivity contribution in [3.8, 4) is 0 Å². The van der Waals surface area contributed by atoms with Crippen LogP contribution in [0.1, 0.15) is 49.8 Å². The molecule has 0 bridgehead atoms. The third kappa shape index (κ3) is 3.25. The van der Waals surface area contributed by atoms with E-state index in [0.29, 0.717) is 6.54 Å². The van der Waals surface area contributed by atoms with Gasteiger partial charge in [-0.1, -0.05) is 31.5 Å². The lowest BCUT2D eigenvalue weighted by molar-refractivity contribution is -0.134. The molecule has 2 aliphatic rings. The molecule has 134 valence electrons. The summed E-state index contributed by atoms with van der Waals surface area (Å²) in [6, 6.07) is 5.46. The van der Waals surface area contributed by atoms with Crippen LogP contribution < -0.4 is 10.6 Å². The largest absolute Gasteiger partial charge is 0.355 e. The highest BCUT2D eigenvalue weighted by atomic mass is 16.2. The van der Waals surface area contributed by atoms with Crippen molar-refractivity contribution in [1.29, 1.82) is 0 Å². The van der Waals surface area contributed by atoms with Gasteiger partial charge >= 0.3 is 6.03 Å². The molecular formula is C19H25N3O3. The molecule has 1 aliphatic carbocycles. The molecule has 1 aromatic rings. The van der Waals surface area contributed by atoms with Crippen LogP contribution in [0.4, 0.5) is 4.79 Å². The molecule has 25 heavy (non-hydrogen) atoms. The molecule has 1 unspecified atom stereocenters. The van der Waals surface area contributed by atoms with Crippen LogP contribution in [0, 0.1) is 0 Å². The molecule has 1 atom stereocenters. The van der Waals surface area contributed by atoms with Gasteiger partial charge in [0.25, 0.3) is 5.91 Å². The number of imide groups is 1. The number of hydrogen-bond acceptors (Lipinski definition) is 3. The van der Waals surface area contributed by atoms with E-state index in [1.165, 1.54) is 11.1 Å². The Balaban J connectivity index is 1.74. The summed E-state index contributed by atoms with van der Waals surface area (Å²) in [6.07, 6.45) is 5.04. The third-order valence-electron chi connectivity index (χ3n) is 5.11. The van der Waals surface area contributed by atoms with Crippen LogP contribution in [0.3, 0.4) is 0 Å². The predicted molar refractivity (Wildman–Crippen MR) is 94.0 cm³/mol. The zero-order valence-electron chi connectivity index (χ0n) is 14.9. The first-order valence-corrected chi connectivity index (χ1v) is 8.99. The van der Waals surface area contributed by atoms with Crippen molar-refractivity contribution >= 4 is 17.8 Å². The van der Waals surface area contributed by atoms with Crippen molar-refractivity contribution in [1.82, 2.24) is 15.5 Å². The number of carbonyl (C=O) groups is 3. The highest BCUT2D eigenvalue weighted by Gasteiger charge is 2.49. The van der Waals surface area contributed by atoms with Gasteiger partial charge in [-0.3, -0.25) is 14.5 Å². The molecule has 1 aromatic carbocycles. The van der Waals surface area contributed by atoms with Crippen molar-refractivity contribution in [2.45, 2.75) is 51.5 Å². The average molecular weight is 343 g/mol. The maximum absolute atomic E-state index is 12.9. The fraction of sp³-hybridized carbons (Fsp3) is 0.526. The maximum atomic E-state index is 12.9. The summed E-state index contributed by atoms with van der Waals surface area (Å²) >= 11 is 0. The number of aryl methyl sites for hydroxylation is 2. The summed E-state index contributed by atoms with van der Waals surface area (Å²) in [4.78, 5) is 38.1. The van der Waals surface area contributed by atoms with E-state index in [4.69, 9.17) is 0 Å². The summed E-state index contributed by atoms with van der Waals surface area (Å²) in [6.45, 7) is 4.06. The number of fused-ring (bicyclic) bond motifs is 1. The first-order valence-electron chi connectivity index (χ1n) is 8.99. The van der Waals surface area contributed by atoms with Crippen LogP contribution in [0.25, 0.3) is 0 Å². The van der Waals surface area contributed by atoms with Gasteiger partial charge < -0.3 is 10.6 Å². The lowest BCUT2D eigenvalue weighted by Gasteiger charge is -2.23. The molecule has 2 N–H and O–H groups in total.